The number of likely N-dealkylation sites (tertiary alicyclic amines) is 1. The van der Waals surface area contributed by atoms with Gasteiger partial charge in [-0.25, -0.2) is 4.79 Å². The zero-order chi connectivity index (χ0) is 18.9. The van der Waals surface area contributed by atoms with Crippen molar-refractivity contribution in [1.82, 2.24) is 15.2 Å². The average Bonchev–Trinajstić information content (AvgIpc) is 3.24. The highest BCUT2D eigenvalue weighted by molar-refractivity contribution is 5.96. The molecule has 3 amide bonds. The molecule has 0 radical (unpaired) electrons. The Balaban J connectivity index is 1.37. The lowest BCUT2D eigenvalue weighted by atomic mass is 9.86. The summed E-state index contributed by atoms with van der Waals surface area (Å²) in [5.74, 6) is 0.150. The molecule has 1 atom stereocenters. The molecule has 1 spiro atoms. The van der Waals surface area contributed by atoms with E-state index >= 15 is 0 Å². The molecular formula is C21H24N4O2. The predicted molar refractivity (Wildman–Crippen MR) is 103 cm³/mol. The third-order valence-corrected chi connectivity index (χ3v) is 5.56. The van der Waals surface area contributed by atoms with Crippen molar-refractivity contribution in [2.24, 2.45) is 5.41 Å². The number of aromatic nitrogens is 1. The molecule has 1 N–H and O–H groups in total. The van der Waals surface area contributed by atoms with Crippen LogP contribution >= 0.6 is 0 Å². The van der Waals surface area contributed by atoms with Gasteiger partial charge in [-0.1, -0.05) is 23.8 Å². The Kier molecular flexibility index (Phi) is 4.56. The van der Waals surface area contributed by atoms with Gasteiger partial charge in [-0.3, -0.25) is 9.78 Å². The fraction of sp³-hybridized carbons (Fsp3) is 0.381. The molecular weight excluding hydrogens is 340 g/mol. The highest BCUT2D eigenvalue weighted by Gasteiger charge is 2.48. The van der Waals surface area contributed by atoms with Gasteiger partial charge in [-0.15, -0.1) is 0 Å². The summed E-state index contributed by atoms with van der Waals surface area (Å²) in [6.45, 7) is 4.50. The number of aryl methyl sites for hydroxylation is 1. The summed E-state index contributed by atoms with van der Waals surface area (Å²) < 4.78 is 0. The third kappa shape index (κ3) is 3.65. The number of nitrogens with zero attached hydrogens (tertiary/aromatic N) is 3. The fourth-order valence-electron chi connectivity index (χ4n) is 4.03. The first-order valence-electron chi connectivity index (χ1n) is 9.33. The summed E-state index contributed by atoms with van der Waals surface area (Å²) in [5, 5.41) is 2.96. The van der Waals surface area contributed by atoms with Crippen molar-refractivity contribution in [3.8, 4) is 0 Å². The van der Waals surface area contributed by atoms with Gasteiger partial charge in [0.05, 0.1) is 0 Å². The molecule has 1 unspecified atom stereocenters. The van der Waals surface area contributed by atoms with Gasteiger partial charge in [0.25, 0.3) is 0 Å². The predicted octanol–water partition coefficient (Wildman–Crippen LogP) is 2.73. The number of pyridine rings is 1. The zero-order valence-electron chi connectivity index (χ0n) is 15.5. The van der Waals surface area contributed by atoms with Crippen LogP contribution in [0.15, 0.2) is 48.8 Å². The number of benzene rings is 1. The minimum Gasteiger partial charge on any atom is -0.334 e. The molecule has 6 heteroatoms. The van der Waals surface area contributed by atoms with Gasteiger partial charge in [0.1, 0.15) is 0 Å². The van der Waals surface area contributed by atoms with Gasteiger partial charge < -0.3 is 15.1 Å². The Morgan fingerprint density at radius 1 is 1.22 bits per heavy atom. The number of hydrogen-bond donors (Lipinski definition) is 1. The van der Waals surface area contributed by atoms with E-state index in [-0.39, 0.29) is 17.4 Å². The highest BCUT2D eigenvalue weighted by Crippen LogP contribution is 2.41. The Morgan fingerprint density at radius 2 is 2.04 bits per heavy atom. The molecule has 1 aromatic heterocycles. The van der Waals surface area contributed by atoms with Gasteiger partial charge in [0, 0.05) is 56.1 Å². The number of carbonyl (C=O) groups excluding carboxylic acids is 2. The van der Waals surface area contributed by atoms with Crippen LogP contribution in [0.3, 0.4) is 0 Å². The van der Waals surface area contributed by atoms with Crippen molar-refractivity contribution in [1.29, 1.82) is 0 Å². The van der Waals surface area contributed by atoms with Crippen LogP contribution in [-0.4, -0.2) is 41.5 Å². The molecule has 2 aliphatic heterocycles. The maximum absolute atomic E-state index is 12.6. The summed E-state index contributed by atoms with van der Waals surface area (Å²) in [6, 6.07) is 11.8. The summed E-state index contributed by atoms with van der Waals surface area (Å²) in [5.41, 5.74) is 2.97. The summed E-state index contributed by atoms with van der Waals surface area (Å²) in [7, 11) is 0. The molecule has 0 bridgehead atoms. The maximum Gasteiger partial charge on any atom is 0.317 e. The monoisotopic (exact) mass is 364 g/mol. The number of rotatable bonds is 3. The summed E-state index contributed by atoms with van der Waals surface area (Å²) in [6.07, 6.45) is 4.84. The van der Waals surface area contributed by atoms with Crippen molar-refractivity contribution >= 4 is 17.6 Å². The quantitative estimate of drug-likeness (QED) is 0.911. The number of carbonyl (C=O) groups is 2. The van der Waals surface area contributed by atoms with E-state index in [1.807, 2.05) is 53.1 Å². The van der Waals surface area contributed by atoms with E-state index in [1.165, 1.54) is 5.56 Å². The molecule has 0 saturated carbocycles. The van der Waals surface area contributed by atoms with Gasteiger partial charge in [-0.2, -0.15) is 0 Å². The van der Waals surface area contributed by atoms with Crippen LogP contribution in [0.5, 0.6) is 0 Å². The van der Waals surface area contributed by atoms with Crippen LogP contribution in [0, 0.1) is 12.3 Å². The van der Waals surface area contributed by atoms with Crippen molar-refractivity contribution in [3.05, 3.63) is 59.9 Å². The second kappa shape index (κ2) is 7.02. The van der Waals surface area contributed by atoms with Crippen LogP contribution < -0.4 is 10.2 Å². The molecule has 2 aromatic rings. The molecule has 0 aliphatic carbocycles. The molecule has 3 heterocycles. The third-order valence-electron chi connectivity index (χ3n) is 5.56. The van der Waals surface area contributed by atoms with E-state index in [4.69, 9.17) is 0 Å². The first-order chi connectivity index (χ1) is 13.0. The Bertz CT molecular complexity index is 837. The molecule has 4 rings (SSSR count). The molecule has 2 saturated heterocycles. The lowest BCUT2D eigenvalue weighted by Crippen LogP contribution is -2.40. The van der Waals surface area contributed by atoms with Gasteiger partial charge >= 0.3 is 6.03 Å². The van der Waals surface area contributed by atoms with Crippen molar-refractivity contribution in [2.45, 2.75) is 26.3 Å². The second-order valence-electron chi connectivity index (χ2n) is 7.68. The van der Waals surface area contributed by atoms with E-state index in [0.717, 1.165) is 17.7 Å². The molecule has 1 aromatic carbocycles. The van der Waals surface area contributed by atoms with Crippen LogP contribution in [0.25, 0.3) is 0 Å². The first kappa shape index (κ1) is 17.5. The minimum atomic E-state index is -0.131. The Morgan fingerprint density at radius 3 is 2.78 bits per heavy atom. The largest absolute Gasteiger partial charge is 0.334 e. The number of urea groups is 1. The number of nitrogens with one attached hydrogen (secondary N) is 1. The fourth-order valence-corrected chi connectivity index (χ4v) is 4.03. The van der Waals surface area contributed by atoms with E-state index < -0.39 is 0 Å². The summed E-state index contributed by atoms with van der Waals surface area (Å²) >= 11 is 0. The molecule has 6 nitrogen and oxygen atoms in total. The standard InChI is InChI=1S/C21H24N4O2/c1-16-4-6-18(7-5-16)25-15-21(11-19(25)26)8-10-24(14-21)20(27)23-13-17-3-2-9-22-12-17/h2-7,9,12H,8,10-11,13-15H2,1H3,(H,23,27). The van der Waals surface area contributed by atoms with E-state index in [2.05, 4.69) is 10.3 Å². The van der Waals surface area contributed by atoms with Crippen molar-refractivity contribution in [3.63, 3.8) is 0 Å². The lowest BCUT2D eigenvalue weighted by Gasteiger charge is -2.24. The van der Waals surface area contributed by atoms with E-state index in [0.29, 0.717) is 32.6 Å². The smallest absolute Gasteiger partial charge is 0.317 e. The van der Waals surface area contributed by atoms with Gasteiger partial charge in [-0.05, 0) is 37.1 Å². The molecule has 140 valence electrons. The maximum atomic E-state index is 12.6. The second-order valence-corrected chi connectivity index (χ2v) is 7.68. The lowest BCUT2D eigenvalue weighted by molar-refractivity contribution is -0.117. The zero-order valence-corrected chi connectivity index (χ0v) is 15.5. The van der Waals surface area contributed by atoms with Crippen molar-refractivity contribution < 1.29 is 9.59 Å². The Hall–Kier alpha value is -2.89. The van der Waals surface area contributed by atoms with Gasteiger partial charge in [0.15, 0.2) is 0 Å². The van der Waals surface area contributed by atoms with E-state index in [9.17, 15) is 9.59 Å². The van der Waals surface area contributed by atoms with Crippen LogP contribution in [0.2, 0.25) is 0 Å². The number of hydrogen-bond acceptors (Lipinski definition) is 3. The van der Waals surface area contributed by atoms with Crippen LogP contribution in [0.1, 0.15) is 24.0 Å². The summed E-state index contributed by atoms with van der Waals surface area (Å²) in [4.78, 5) is 32.9. The normalized spacial score (nSPS) is 21.9. The minimum absolute atomic E-state index is 0.0723. The van der Waals surface area contributed by atoms with E-state index in [1.54, 1.807) is 12.4 Å². The van der Waals surface area contributed by atoms with Crippen LogP contribution in [0.4, 0.5) is 10.5 Å². The van der Waals surface area contributed by atoms with Gasteiger partial charge in [0.2, 0.25) is 5.91 Å². The average molecular weight is 364 g/mol. The topological polar surface area (TPSA) is 65.5 Å². The number of amides is 3. The van der Waals surface area contributed by atoms with Crippen molar-refractivity contribution in [2.75, 3.05) is 24.5 Å². The molecule has 27 heavy (non-hydrogen) atoms. The molecule has 2 aliphatic rings. The number of anilines is 1. The van der Waals surface area contributed by atoms with Crippen LogP contribution in [-0.2, 0) is 11.3 Å². The highest BCUT2D eigenvalue weighted by atomic mass is 16.2. The Labute approximate surface area is 159 Å². The SMILES string of the molecule is Cc1ccc(N2CC3(CCN(C(=O)NCc4cccnc4)C3)CC2=O)cc1. The first-order valence-corrected chi connectivity index (χ1v) is 9.33. The molecule has 2 fully saturated rings.